The molecule has 2 aromatic rings. The zero-order valence-electron chi connectivity index (χ0n) is 11.5. The van der Waals surface area contributed by atoms with Crippen LogP contribution in [0.15, 0.2) is 42.7 Å². The summed E-state index contributed by atoms with van der Waals surface area (Å²) in [6.45, 7) is 1.99. The van der Waals surface area contributed by atoms with E-state index in [1.54, 1.807) is 12.4 Å². The minimum Gasteiger partial charge on any atom is -0.271 e. The fraction of sp³-hybridized carbons (Fsp3) is 0.267. The van der Waals surface area contributed by atoms with Gasteiger partial charge in [0.15, 0.2) is 0 Å². The average molecular weight is 295 g/mol. The number of aromatic nitrogens is 1. The number of alkyl halides is 3. The summed E-state index contributed by atoms with van der Waals surface area (Å²) in [4.78, 5) is 4.06. The van der Waals surface area contributed by atoms with Crippen LogP contribution in [0.25, 0.3) is 0 Å². The van der Waals surface area contributed by atoms with E-state index < -0.39 is 11.7 Å². The number of rotatable bonds is 4. The predicted octanol–water partition coefficient (Wildman–Crippen LogP) is 3.22. The standard InChI is InChI=1S/C15H16F3N3/c1-2-10-9-20-8-7-13(10)14(21-19)11-3-5-12(6-4-11)15(16,17)18/h3-9,14,21H,2,19H2,1H3. The Morgan fingerprint density at radius 1 is 1.19 bits per heavy atom. The Morgan fingerprint density at radius 2 is 1.86 bits per heavy atom. The number of nitrogens with two attached hydrogens (primary N) is 1. The number of hydrazine groups is 1. The lowest BCUT2D eigenvalue weighted by molar-refractivity contribution is -0.137. The maximum absolute atomic E-state index is 12.6. The normalized spacial score (nSPS) is 13.2. The number of hydrogen-bond donors (Lipinski definition) is 2. The van der Waals surface area contributed by atoms with Crippen LogP contribution >= 0.6 is 0 Å². The highest BCUT2D eigenvalue weighted by Gasteiger charge is 2.30. The lowest BCUT2D eigenvalue weighted by Crippen LogP contribution is -2.29. The van der Waals surface area contributed by atoms with Gasteiger partial charge in [0.2, 0.25) is 0 Å². The molecule has 0 amide bonds. The van der Waals surface area contributed by atoms with Crippen LogP contribution in [0.2, 0.25) is 0 Å². The molecule has 1 unspecified atom stereocenters. The molecule has 0 spiro atoms. The van der Waals surface area contributed by atoms with Gasteiger partial charge in [-0.15, -0.1) is 0 Å². The third-order valence-electron chi connectivity index (χ3n) is 3.37. The van der Waals surface area contributed by atoms with Crippen molar-refractivity contribution < 1.29 is 13.2 Å². The maximum Gasteiger partial charge on any atom is 0.416 e. The summed E-state index contributed by atoms with van der Waals surface area (Å²) in [5, 5.41) is 0. The first kappa shape index (κ1) is 15.5. The monoisotopic (exact) mass is 295 g/mol. The molecule has 0 saturated heterocycles. The molecule has 1 heterocycles. The molecule has 1 aromatic carbocycles. The van der Waals surface area contributed by atoms with E-state index in [0.29, 0.717) is 5.56 Å². The molecule has 1 atom stereocenters. The fourth-order valence-corrected chi connectivity index (χ4v) is 2.25. The number of aryl methyl sites for hydroxylation is 1. The van der Waals surface area contributed by atoms with Gasteiger partial charge in [0, 0.05) is 12.4 Å². The molecular weight excluding hydrogens is 279 g/mol. The first-order valence-electron chi connectivity index (χ1n) is 6.53. The molecule has 0 aliphatic heterocycles. The van der Waals surface area contributed by atoms with E-state index in [0.717, 1.165) is 29.7 Å². The highest BCUT2D eigenvalue weighted by molar-refractivity contribution is 5.37. The summed E-state index contributed by atoms with van der Waals surface area (Å²) >= 11 is 0. The van der Waals surface area contributed by atoms with Gasteiger partial charge in [0.25, 0.3) is 0 Å². The van der Waals surface area contributed by atoms with Gasteiger partial charge in [0.05, 0.1) is 11.6 Å². The van der Waals surface area contributed by atoms with Crippen LogP contribution in [0.1, 0.15) is 35.2 Å². The second-order valence-electron chi connectivity index (χ2n) is 4.65. The second kappa shape index (κ2) is 6.24. The topological polar surface area (TPSA) is 50.9 Å². The molecule has 0 aliphatic carbocycles. The second-order valence-corrected chi connectivity index (χ2v) is 4.65. The molecule has 3 nitrogen and oxygen atoms in total. The zero-order chi connectivity index (χ0) is 15.5. The molecule has 0 radical (unpaired) electrons. The van der Waals surface area contributed by atoms with Crippen LogP contribution in [0.3, 0.4) is 0 Å². The Balaban J connectivity index is 2.38. The van der Waals surface area contributed by atoms with Gasteiger partial charge in [0.1, 0.15) is 0 Å². The molecule has 0 fully saturated rings. The van der Waals surface area contributed by atoms with Crippen LogP contribution in [0.4, 0.5) is 13.2 Å². The van der Waals surface area contributed by atoms with Crippen molar-refractivity contribution in [3.8, 4) is 0 Å². The molecule has 1 aromatic heterocycles. The lowest BCUT2D eigenvalue weighted by atomic mass is 9.94. The Kier molecular flexibility index (Phi) is 4.59. The molecule has 0 bridgehead atoms. The number of nitrogens with zero attached hydrogens (tertiary/aromatic N) is 1. The number of benzene rings is 1. The van der Waals surface area contributed by atoms with Crippen molar-refractivity contribution in [2.75, 3.05) is 0 Å². The average Bonchev–Trinajstić information content (AvgIpc) is 2.48. The first-order chi connectivity index (χ1) is 9.97. The van der Waals surface area contributed by atoms with Gasteiger partial charge in [-0.05, 0) is 41.3 Å². The van der Waals surface area contributed by atoms with Crippen LogP contribution in [-0.4, -0.2) is 4.98 Å². The molecule has 21 heavy (non-hydrogen) atoms. The van der Waals surface area contributed by atoms with Gasteiger partial charge in [-0.25, -0.2) is 5.43 Å². The maximum atomic E-state index is 12.6. The molecular formula is C15H16F3N3. The SMILES string of the molecule is CCc1cnccc1C(NN)c1ccc(C(F)(F)F)cc1. The van der Waals surface area contributed by atoms with Crippen LogP contribution in [0.5, 0.6) is 0 Å². The van der Waals surface area contributed by atoms with E-state index in [1.807, 2.05) is 13.0 Å². The lowest BCUT2D eigenvalue weighted by Gasteiger charge is -2.20. The number of halogens is 3. The molecule has 2 rings (SSSR count). The van der Waals surface area contributed by atoms with Gasteiger partial charge in [-0.1, -0.05) is 19.1 Å². The van der Waals surface area contributed by atoms with Crippen LogP contribution in [0, 0.1) is 0 Å². The number of pyridine rings is 1. The zero-order valence-corrected chi connectivity index (χ0v) is 11.5. The Labute approximate surface area is 121 Å². The van der Waals surface area contributed by atoms with Gasteiger partial charge in [-0.3, -0.25) is 10.8 Å². The van der Waals surface area contributed by atoms with E-state index in [9.17, 15) is 13.2 Å². The summed E-state index contributed by atoms with van der Waals surface area (Å²) in [6.07, 6.45) is -0.190. The van der Waals surface area contributed by atoms with Crippen molar-refractivity contribution >= 4 is 0 Å². The predicted molar refractivity (Wildman–Crippen MR) is 74.2 cm³/mol. The highest BCUT2D eigenvalue weighted by atomic mass is 19.4. The van der Waals surface area contributed by atoms with E-state index in [-0.39, 0.29) is 6.04 Å². The Morgan fingerprint density at radius 3 is 2.38 bits per heavy atom. The summed E-state index contributed by atoms with van der Waals surface area (Å²) in [6, 6.07) is 6.45. The van der Waals surface area contributed by atoms with Crippen molar-refractivity contribution in [3.05, 3.63) is 65.0 Å². The van der Waals surface area contributed by atoms with E-state index in [2.05, 4.69) is 10.4 Å². The quantitative estimate of drug-likeness (QED) is 0.672. The molecule has 0 saturated carbocycles. The van der Waals surface area contributed by atoms with Crippen LogP contribution < -0.4 is 11.3 Å². The van der Waals surface area contributed by atoms with Crippen molar-refractivity contribution in [2.45, 2.75) is 25.6 Å². The minimum atomic E-state index is -4.34. The number of hydrogen-bond acceptors (Lipinski definition) is 3. The van der Waals surface area contributed by atoms with Gasteiger partial charge < -0.3 is 0 Å². The van der Waals surface area contributed by atoms with Crippen molar-refractivity contribution in [1.29, 1.82) is 0 Å². The smallest absolute Gasteiger partial charge is 0.271 e. The van der Waals surface area contributed by atoms with E-state index in [1.165, 1.54) is 12.1 Å². The first-order valence-corrected chi connectivity index (χ1v) is 6.53. The Bertz CT molecular complexity index is 594. The number of nitrogens with one attached hydrogen (secondary N) is 1. The van der Waals surface area contributed by atoms with Crippen molar-refractivity contribution in [1.82, 2.24) is 10.4 Å². The summed E-state index contributed by atoms with van der Waals surface area (Å²) in [5.41, 5.74) is 4.57. The summed E-state index contributed by atoms with van der Waals surface area (Å²) < 4.78 is 37.8. The van der Waals surface area contributed by atoms with Crippen molar-refractivity contribution in [3.63, 3.8) is 0 Å². The molecule has 6 heteroatoms. The summed E-state index contributed by atoms with van der Waals surface area (Å²) in [7, 11) is 0. The molecule has 112 valence electrons. The van der Waals surface area contributed by atoms with E-state index >= 15 is 0 Å². The summed E-state index contributed by atoms with van der Waals surface area (Å²) in [5.74, 6) is 5.59. The Hall–Kier alpha value is -1.92. The van der Waals surface area contributed by atoms with E-state index in [4.69, 9.17) is 5.84 Å². The molecule has 3 N–H and O–H groups in total. The van der Waals surface area contributed by atoms with Crippen molar-refractivity contribution in [2.24, 2.45) is 5.84 Å². The van der Waals surface area contributed by atoms with Crippen LogP contribution in [-0.2, 0) is 12.6 Å². The largest absolute Gasteiger partial charge is 0.416 e. The van der Waals surface area contributed by atoms with Gasteiger partial charge in [-0.2, -0.15) is 13.2 Å². The third-order valence-corrected chi connectivity index (χ3v) is 3.37. The third kappa shape index (κ3) is 3.40. The molecule has 0 aliphatic rings. The highest BCUT2D eigenvalue weighted by Crippen LogP contribution is 2.31. The minimum absolute atomic E-state index is 0.370. The fourth-order valence-electron chi connectivity index (χ4n) is 2.25. The van der Waals surface area contributed by atoms with Gasteiger partial charge >= 0.3 is 6.18 Å².